The van der Waals surface area contributed by atoms with Crippen LogP contribution in [0.25, 0.3) is 0 Å². The van der Waals surface area contributed by atoms with E-state index in [4.69, 9.17) is 0 Å². The first kappa shape index (κ1) is 12.0. The summed E-state index contributed by atoms with van der Waals surface area (Å²) in [5, 5.41) is 3.70. The Bertz CT molecular complexity index is 139. The van der Waals surface area contributed by atoms with Gasteiger partial charge in [0.05, 0.1) is 0 Å². The second kappa shape index (κ2) is 6.41. The molecule has 2 heteroatoms. The molecule has 0 bridgehead atoms. The van der Waals surface area contributed by atoms with E-state index >= 15 is 0 Å². The van der Waals surface area contributed by atoms with Gasteiger partial charge in [0.15, 0.2) is 0 Å². The molecule has 1 rings (SSSR count). The first-order valence-electron chi connectivity index (χ1n) is 6.24. The lowest BCUT2D eigenvalue weighted by Gasteiger charge is -2.33. The van der Waals surface area contributed by atoms with Crippen LogP contribution in [-0.2, 0) is 0 Å². The Hall–Kier alpha value is -0.0800. The molecule has 0 aliphatic carbocycles. The first-order chi connectivity index (χ1) is 6.76. The Morgan fingerprint density at radius 2 is 1.93 bits per heavy atom. The highest BCUT2D eigenvalue weighted by Crippen LogP contribution is 2.11. The Kier molecular flexibility index (Phi) is 5.49. The van der Waals surface area contributed by atoms with Gasteiger partial charge in [-0.1, -0.05) is 13.8 Å². The highest BCUT2D eigenvalue weighted by Gasteiger charge is 2.18. The summed E-state index contributed by atoms with van der Waals surface area (Å²) in [6.07, 6.45) is 5.22. The maximum atomic E-state index is 3.70. The summed E-state index contributed by atoms with van der Waals surface area (Å²) >= 11 is 0. The van der Waals surface area contributed by atoms with Crippen LogP contribution in [0.3, 0.4) is 0 Å². The van der Waals surface area contributed by atoms with Crippen molar-refractivity contribution in [3.05, 3.63) is 0 Å². The van der Waals surface area contributed by atoms with Gasteiger partial charge >= 0.3 is 0 Å². The predicted octanol–water partition coefficient (Wildman–Crippen LogP) is 2.25. The zero-order valence-corrected chi connectivity index (χ0v) is 10.1. The second-order valence-electron chi connectivity index (χ2n) is 4.59. The molecule has 0 spiro atoms. The van der Waals surface area contributed by atoms with Gasteiger partial charge in [-0.25, -0.2) is 0 Å². The molecule has 0 aromatic carbocycles. The van der Waals surface area contributed by atoms with E-state index in [0.29, 0.717) is 6.04 Å². The van der Waals surface area contributed by atoms with Crippen molar-refractivity contribution in [3.63, 3.8) is 0 Å². The van der Waals surface area contributed by atoms with Gasteiger partial charge in [-0.05, 0) is 52.2 Å². The third-order valence-electron chi connectivity index (χ3n) is 3.26. The van der Waals surface area contributed by atoms with Crippen molar-refractivity contribution in [2.75, 3.05) is 19.6 Å². The molecule has 0 aromatic rings. The Morgan fingerprint density at radius 3 is 2.43 bits per heavy atom. The predicted molar refractivity (Wildman–Crippen MR) is 62.6 cm³/mol. The van der Waals surface area contributed by atoms with Crippen LogP contribution in [0.5, 0.6) is 0 Å². The fourth-order valence-electron chi connectivity index (χ4n) is 2.16. The van der Waals surface area contributed by atoms with Crippen molar-refractivity contribution in [1.82, 2.24) is 10.2 Å². The van der Waals surface area contributed by atoms with Gasteiger partial charge < -0.3 is 10.2 Å². The topological polar surface area (TPSA) is 15.3 Å². The number of rotatable bonds is 5. The van der Waals surface area contributed by atoms with Gasteiger partial charge in [0, 0.05) is 12.1 Å². The van der Waals surface area contributed by atoms with Crippen LogP contribution in [0.4, 0.5) is 0 Å². The maximum absolute atomic E-state index is 3.70. The quantitative estimate of drug-likeness (QED) is 0.729. The lowest BCUT2D eigenvalue weighted by molar-refractivity contribution is 0.192. The molecule has 0 radical (unpaired) electrons. The molecular formula is C12H26N2. The molecule has 2 nitrogen and oxygen atoms in total. The third kappa shape index (κ3) is 3.97. The molecule has 1 saturated heterocycles. The first-order valence-corrected chi connectivity index (χ1v) is 6.24. The average Bonchev–Trinajstić information content (AvgIpc) is 2.21. The van der Waals surface area contributed by atoms with Crippen molar-refractivity contribution in [2.45, 2.75) is 58.5 Å². The van der Waals surface area contributed by atoms with E-state index in [9.17, 15) is 0 Å². The number of piperidine rings is 1. The summed E-state index contributed by atoms with van der Waals surface area (Å²) in [6.45, 7) is 10.7. The largest absolute Gasteiger partial charge is 0.311 e. The summed E-state index contributed by atoms with van der Waals surface area (Å²) in [7, 11) is 0. The molecule has 1 heterocycles. The molecule has 1 fully saturated rings. The minimum Gasteiger partial charge on any atom is -0.311 e. The minimum absolute atomic E-state index is 0.692. The Balaban J connectivity index is 2.15. The van der Waals surface area contributed by atoms with Crippen LogP contribution >= 0.6 is 0 Å². The highest BCUT2D eigenvalue weighted by atomic mass is 15.1. The fourth-order valence-corrected chi connectivity index (χ4v) is 2.16. The second-order valence-corrected chi connectivity index (χ2v) is 4.59. The smallest absolute Gasteiger partial charge is 0.00938 e. The van der Waals surface area contributed by atoms with Crippen molar-refractivity contribution in [2.24, 2.45) is 0 Å². The van der Waals surface area contributed by atoms with Crippen LogP contribution < -0.4 is 5.32 Å². The van der Waals surface area contributed by atoms with Gasteiger partial charge in [-0.2, -0.15) is 0 Å². The SMILES string of the molecule is CCCN1CCC(NC(C)CC)CC1. The molecule has 84 valence electrons. The molecule has 0 saturated carbocycles. The lowest BCUT2D eigenvalue weighted by atomic mass is 10.0. The lowest BCUT2D eigenvalue weighted by Crippen LogP contribution is -2.45. The molecule has 1 N–H and O–H groups in total. The summed E-state index contributed by atoms with van der Waals surface area (Å²) in [5.41, 5.74) is 0. The zero-order chi connectivity index (χ0) is 10.4. The van der Waals surface area contributed by atoms with Crippen LogP contribution in [0, 0.1) is 0 Å². The number of hydrogen-bond acceptors (Lipinski definition) is 2. The van der Waals surface area contributed by atoms with E-state index in [1.807, 2.05) is 0 Å². The molecule has 0 aromatic heterocycles. The number of hydrogen-bond donors (Lipinski definition) is 1. The van der Waals surface area contributed by atoms with Gasteiger partial charge in [0.25, 0.3) is 0 Å². The summed E-state index contributed by atoms with van der Waals surface area (Å²) in [6, 6.07) is 1.47. The van der Waals surface area contributed by atoms with Crippen LogP contribution in [0.1, 0.15) is 46.5 Å². The van der Waals surface area contributed by atoms with Crippen LogP contribution in [0.15, 0.2) is 0 Å². The molecule has 1 unspecified atom stereocenters. The maximum Gasteiger partial charge on any atom is 0.00938 e. The normalized spacial score (nSPS) is 22.5. The minimum atomic E-state index is 0.692. The van der Waals surface area contributed by atoms with Gasteiger partial charge in [-0.15, -0.1) is 0 Å². The standard InChI is InChI=1S/C12H26N2/c1-4-8-14-9-6-12(7-10-14)13-11(3)5-2/h11-13H,4-10H2,1-3H3. The average molecular weight is 198 g/mol. The molecule has 14 heavy (non-hydrogen) atoms. The van der Waals surface area contributed by atoms with Gasteiger partial charge in [0.2, 0.25) is 0 Å². The van der Waals surface area contributed by atoms with Crippen molar-refractivity contribution in [3.8, 4) is 0 Å². The molecule has 1 atom stereocenters. The third-order valence-corrected chi connectivity index (χ3v) is 3.26. The highest BCUT2D eigenvalue weighted by molar-refractivity contribution is 4.78. The molecule has 1 aliphatic heterocycles. The van der Waals surface area contributed by atoms with Crippen molar-refractivity contribution < 1.29 is 0 Å². The van der Waals surface area contributed by atoms with Crippen LogP contribution in [-0.4, -0.2) is 36.6 Å². The zero-order valence-electron chi connectivity index (χ0n) is 10.1. The Morgan fingerprint density at radius 1 is 1.29 bits per heavy atom. The van der Waals surface area contributed by atoms with Crippen LogP contribution in [0.2, 0.25) is 0 Å². The monoisotopic (exact) mass is 198 g/mol. The van der Waals surface area contributed by atoms with Crippen molar-refractivity contribution >= 4 is 0 Å². The van der Waals surface area contributed by atoms with E-state index in [0.717, 1.165) is 6.04 Å². The summed E-state index contributed by atoms with van der Waals surface area (Å²) in [5.74, 6) is 0. The fraction of sp³-hybridized carbons (Fsp3) is 1.00. The van der Waals surface area contributed by atoms with E-state index in [2.05, 4.69) is 31.0 Å². The summed E-state index contributed by atoms with van der Waals surface area (Å²) < 4.78 is 0. The molecule has 0 amide bonds. The van der Waals surface area contributed by atoms with Crippen molar-refractivity contribution in [1.29, 1.82) is 0 Å². The number of nitrogens with one attached hydrogen (secondary N) is 1. The van der Waals surface area contributed by atoms with E-state index in [-0.39, 0.29) is 0 Å². The number of likely N-dealkylation sites (tertiary alicyclic amines) is 1. The number of nitrogens with zero attached hydrogens (tertiary/aromatic N) is 1. The van der Waals surface area contributed by atoms with E-state index < -0.39 is 0 Å². The molecular weight excluding hydrogens is 172 g/mol. The summed E-state index contributed by atoms with van der Waals surface area (Å²) in [4.78, 5) is 2.59. The van der Waals surface area contributed by atoms with E-state index in [1.54, 1.807) is 0 Å². The Labute approximate surface area is 89.1 Å². The van der Waals surface area contributed by atoms with E-state index in [1.165, 1.54) is 45.3 Å². The van der Waals surface area contributed by atoms with Gasteiger partial charge in [-0.3, -0.25) is 0 Å². The molecule has 1 aliphatic rings. The van der Waals surface area contributed by atoms with Gasteiger partial charge in [0.1, 0.15) is 0 Å².